The Morgan fingerprint density at radius 2 is 1.94 bits per heavy atom. The molecule has 0 fully saturated rings. The molecule has 1 unspecified atom stereocenters. The fraction of sp³-hybridized carbons (Fsp3) is 0.286. The fourth-order valence-corrected chi connectivity index (χ4v) is 1.80. The molecule has 84 valence electrons. The second-order valence-electron chi connectivity index (χ2n) is 4.14. The first-order valence-electron chi connectivity index (χ1n) is 5.74. The van der Waals surface area contributed by atoms with Crippen LogP contribution in [0.2, 0.25) is 0 Å². The van der Waals surface area contributed by atoms with Crippen molar-refractivity contribution < 1.29 is 0 Å². The lowest BCUT2D eigenvalue weighted by Crippen LogP contribution is -2.19. The first kappa shape index (κ1) is 11.0. The highest BCUT2D eigenvalue weighted by atomic mass is 14.9. The Labute approximate surface area is 96.7 Å². The summed E-state index contributed by atoms with van der Waals surface area (Å²) < 4.78 is 0. The fourth-order valence-electron chi connectivity index (χ4n) is 1.80. The third-order valence-corrected chi connectivity index (χ3v) is 2.80. The molecule has 0 bridgehead atoms. The molecule has 0 saturated heterocycles. The van der Waals surface area contributed by atoms with Crippen LogP contribution in [0.3, 0.4) is 0 Å². The Balaban J connectivity index is 1.78. The summed E-state index contributed by atoms with van der Waals surface area (Å²) in [4.78, 5) is 3.19. The first-order valence-corrected chi connectivity index (χ1v) is 5.74. The monoisotopic (exact) mass is 214 g/mol. The van der Waals surface area contributed by atoms with Gasteiger partial charge in [0.2, 0.25) is 0 Å². The van der Waals surface area contributed by atoms with Crippen molar-refractivity contribution in [2.24, 2.45) is 0 Å². The van der Waals surface area contributed by atoms with Crippen LogP contribution in [0.25, 0.3) is 0 Å². The maximum atomic E-state index is 3.45. The average molecular weight is 214 g/mol. The number of benzene rings is 1. The molecule has 0 aliphatic carbocycles. The summed E-state index contributed by atoms with van der Waals surface area (Å²) in [6, 6.07) is 14.7. The van der Waals surface area contributed by atoms with Gasteiger partial charge in [0.1, 0.15) is 0 Å². The van der Waals surface area contributed by atoms with Crippen molar-refractivity contribution in [3.05, 3.63) is 59.9 Å². The lowest BCUT2D eigenvalue weighted by molar-refractivity contribution is 0.610. The molecule has 1 aromatic carbocycles. The van der Waals surface area contributed by atoms with E-state index in [2.05, 4.69) is 53.6 Å². The first-order chi connectivity index (χ1) is 7.86. The van der Waals surface area contributed by atoms with E-state index in [-0.39, 0.29) is 0 Å². The largest absolute Gasteiger partial charge is 0.364 e. The SMILES string of the molecule is CC(CNCc1ccc[nH]1)c1ccccc1. The summed E-state index contributed by atoms with van der Waals surface area (Å²) >= 11 is 0. The topological polar surface area (TPSA) is 27.8 Å². The van der Waals surface area contributed by atoms with Gasteiger partial charge >= 0.3 is 0 Å². The minimum absolute atomic E-state index is 0.552. The zero-order valence-corrected chi connectivity index (χ0v) is 9.61. The van der Waals surface area contributed by atoms with Crippen molar-refractivity contribution in [3.8, 4) is 0 Å². The molecule has 0 aliphatic rings. The molecule has 2 aromatic rings. The van der Waals surface area contributed by atoms with E-state index in [1.54, 1.807) is 0 Å². The molecule has 16 heavy (non-hydrogen) atoms. The molecule has 2 N–H and O–H groups in total. The standard InChI is InChI=1S/C14H18N2/c1-12(13-6-3-2-4-7-13)10-15-11-14-8-5-9-16-14/h2-9,12,15-16H,10-11H2,1H3. The van der Waals surface area contributed by atoms with Crippen molar-refractivity contribution in [2.75, 3.05) is 6.54 Å². The van der Waals surface area contributed by atoms with Gasteiger partial charge in [-0.25, -0.2) is 0 Å². The van der Waals surface area contributed by atoms with Crippen LogP contribution in [0, 0.1) is 0 Å². The highest BCUT2D eigenvalue weighted by Crippen LogP contribution is 2.13. The minimum atomic E-state index is 0.552. The number of hydrogen-bond donors (Lipinski definition) is 2. The molecule has 1 atom stereocenters. The molecule has 0 spiro atoms. The second-order valence-corrected chi connectivity index (χ2v) is 4.14. The van der Waals surface area contributed by atoms with Gasteiger partial charge in [-0.3, -0.25) is 0 Å². The van der Waals surface area contributed by atoms with Crippen LogP contribution in [0.1, 0.15) is 24.1 Å². The van der Waals surface area contributed by atoms with E-state index in [4.69, 9.17) is 0 Å². The normalized spacial score (nSPS) is 12.6. The zero-order chi connectivity index (χ0) is 11.2. The highest BCUT2D eigenvalue weighted by molar-refractivity contribution is 5.19. The van der Waals surface area contributed by atoms with Crippen molar-refractivity contribution >= 4 is 0 Å². The van der Waals surface area contributed by atoms with E-state index in [0.717, 1.165) is 13.1 Å². The summed E-state index contributed by atoms with van der Waals surface area (Å²) in [7, 11) is 0. The molecule has 0 amide bonds. The van der Waals surface area contributed by atoms with Gasteiger partial charge in [0.05, 0.1) is 0 Å². The molecule has 0 saturated carbocycles. The number of aromatic nitrogens is 1. The molecule has 1 heterocycles. The molecule has 2 heteroatoms. The van der Waals surface area contributed by atoms with Gasteiger partial charge in [-0.1, -0.05) is 37.3 Å². The Morgan fingerprint density at radius 3 is 2.62 bits per heavy atom. The number of hydrogen-bond acceptors (Lipinski definition) is 1. The van der Waals surface area contributed by atoms with Gasteiger partial charge in [0.15, 0.2) is 0 Å². The Kier molecular flexibility index (Phi) is 3.78. The van der Waals surface area contributed by atoms with Gasteiger partial charge in [-0.05, 0) is 23.6 Å². The summed E-state index contributed by atoms with van der Waals surface area (Å²) in [5.74, 6) is 0.552. The van der Waals surface area contributed by atoms with Gasteiger partial charge in [-0.2, -0.15) is 0 Å². The molecule has 1 aromatic heterocycles. The van der Waals surface area contributed by atoms with E-state index in [1.165, 1.54) is 11.3 Å². The quantitative estimate of drug-likeness (QED) is 0.787. The van der Waals surface area contributed by atoms with E-state index < -0.39 is 0 Å². The van der Waals surface area contributed by atoms with Crippen LogP contribution in [0.5, 0.6) is 0 Å². The number of H-pyrrole nitrogens is 1. The van der Waals surface area contributed by atoms with Crippen LogP contribution in [-0.2, 0) is 6.54 Å². The van der Waals surface area contributed by atoms with Gasteiger partial charge in [0, 0.05) is 25.0 Å². The van der Waals surface area contributed by atoms with Crippen molar-refractivity contribution in [3.63, 3.8) is 0 Å². The third-order valence-electron chi connectivity index (χ3n) is 2.80. The smallest absolute Gasteiger partial charge is 0.0357 e. The third kappa shape index (κ3) is 2.97. The van der Waals surface area contributed by atoms with Crippen LogP contribution >= 0.6 is 0 Å². The van der Waals surface area contributed by atoms with E-state index in [9.17, 15) is 0 Å². The molecule has 0 radical (unpaired) electrons. The second kappa shape index (κ2) is 5.52. The summed E-state index contributed by atoms with van der Waals surface area (Å²) in [5, 5.41) is 3.45. The van der Waals surface area contributed by atoms with E-state index >= 15 is 0 Å². The summed E-state index contributed by atoms with van der Waals surface area (Å²) in [6.07, 6.45) is 1.96. The van der Waals surface area contributed by atoms with Crippen LogP contribution in [0.15, 0.2) is 48.7 Å². The van der Waals surface area contributed by atoms with Crippen LogP contribution in [-0.4, -0.2) is 11.5 Å². The Morgan fingerprint density at radius 1 is 1.12 bits per heavy atom. The van der Waals surface area contributed by atoms with Gasteiger partial charge in [-0.15, -0.1) is 0 Å². The molecular formula is C14H18N2. The van der Waals surface area contributed by atoms with Gasteiger partial charge in [0.25, 0.3) is 0 Å². The van der Waals surface area contributed by atoms with Crippen LogP contribution < -0.4 is 5.32 Å². The number of rotatable bonds is 5. The van der Waals surface area contributed by atoms with Crippen LogP contribution in [0.4, 0.5) is 0 Å². The summed E-state index contributed by atoms with van der Waals surface area (Å²) in [6.45, 7) is 4.16. The average Bonchev–Trinajstić information content (AvgIpc) is 2.83. The Hall–Kier alpha value is -1.54. The van der Waals surface area contributed by atoms with Gasteiger partial charge < -0.3 is 10.3 Å². The highest BCUT2D eigenvalue weighted by Gasteiger charge is 2.03. The zero-order valence-electron chi connectivity index (χ0n) is 9.61. The predicted octanol–water partition coefficient (Wildman–Crippen LogP) is 2.91. The maximum Gasteiger partial charge on any atom is 0.0357 e. The van der Waals surface area contributed by atoms with E-state index in [0.29, 0.717) is 5.92 Å². The van der Waals surface area contributed by atoms with Crippen molar-refractivity contribution in [1.29, 1.82) is 0 Å². The molecule has 0 aliphatic heterocycles. The van der Waals surface area contributed by atoms with Crippen molar-refractivity contribution in [2.45, 2.75) is 19.4 Å². The van der Waals surface area contributed by atoms with E-state index in [1.807, 2.05) is 12.3 Å². The predicted molar refractivity (Wildman–Crippen MR) is 67.4 cm³/mol. The maximum absolute atomic E-state index is 3.45. The molecular weight excluding hydrogens is 196 g/mol. The molecule has 2 rings (SSSR count). The lowest BCUT2D eigenvalue weighted by Gasteiger charge is -2.12. The molecule has 2 nitrogen and oxygen atoms in total. The minimum Gasteiger partial charge on any atom is -0.364 e. The Bertz CT molecular complexity index is 392. The van der Waals surface area contributed by atoms with Crippen molar-refractivity contribution in [1.82, 2.24) is 10.3 Å². The lowest BCUT2D eigenvalue weighted by atomic mass is 10.0. The summed E-state index contributed by atoms with van der Waals surface area (Å²) in [5.41, 5.74) is 2.63. The number of nitrogens with one attached hydrogen (secondary N) is 2. The number of aromatic amines is 1.